The predicted octanol–water partition coefficient (Wildman–Crippen LogP) is 3.11. The van der Waals surface area contributed by atoms with Gasteiger partial charge < -0.3 is 15.0 Å². The summed E-state index contributed by atoms with van der Waals surface area (Å²) in [6, 6.07) is 8.99. The number of thiophene rings is 1. The van der Waals surface area contributed by atoms with Crippen LogP contribution >= 0.6 is 23.1 Å². The number of aromatic amines is 1. The van der Waals surface area contributed by atoms with E-state index in [0.29, 0.717) is 33.4 Å². The van der Waals surface area contributed by atoms with Crippen molar-refractivity contribution in [1.29, 1.82) is 0 Å². The van der Waals surface area contributed by atoms with E-state index >= 15 is 0 Å². The molecule has 2 N–H and O–H groups in total. The number of fused-ring (bicyclic) bond motifs is 1. The molecular formula is C16H15N3O3S2. The van der Waals surface area contributed by atoms with Crippen LogP contribution in [-0.4, -0.2) is 28.2 Å². The quantitative estimate of drug-likeness (QED) is 0.521. The minimum Gasteiger partial charge on any atom is -0.492 e. The van der Waals surface area contributed by atoms with Gasteiger partial charge in [-0.1, -0.05) is 23.9 Å². The summed E-state index contributed by atoms with van der Waals surface area (Å²) in [5.74, 6) is 0.575. The van der Waals surface area contributed by atoms with Crippen LogP contribution in [0.15, 0.2) is 45.7 Å². The van der Waals surface area contributed by atoms with Gasteiger partial charge in [-0.3, -0.25) is 9.59 Å². The molecule has 0 aliphatic rings. The number of H-pyrrole nitrogens is 1. The van der Waals surface area contributed by atoms with Gasteiger partial charge in [0.1, 0.15) is 10.6 Å². The van der Waals surface area contributed by atoms with E-state index in [0.717, 1.165) is 0 Å². The Kier molecular flexibility index (Phi) is 5.17. The number of hydrogen-bond acceptors (Lipinski definition) is 6. The third-order valence-corrected chi connectivity index (χ3v) is 4.79. The standard InChI is InChI=1S/C16H15N3O3S2/c1-2-22-12-6-4-3-5-11(12)17-13(20)9-24-16-18-14(21)10-7-8-23-15(10)19-16/h3-8H,2,9H2,1H3,(H,17,20)(H,18,19,21). The van der Waals surface area contributed by atoms with Gasteiger partial charge in [0.15, 0.2) is 5.16 Å². The third kappa shape index (κ3) is 3.77. The van der Waals surface area contributed by atoms with Crippen LogP contribution in [-0.2, 0) is 4.79 Å². The Balaban J connectivity index is 1.66. The van der Waals surface area contributed by atoms with Crippen molar-refractivity contribution in [2.45, 2.75) is 12.1 Å². The summed E-state index contributed by atoms with van der Waals surface area (Å²) >= 11 is 2.58. The molecule has 0 radical (unpaired) electrons. The summed E-state index contributed by atoms with van der Waals surface area (Å²) in [7, 11) is 0. The van der Waals surface area contributed by atoms with Gasteiger partial charge in [-0.2, -0.15) is 0 Å². The molecule has 2 aromatic heterocycles. The van der Waals surface area contributed by atoms with Crippen molar-refractivity contribution in [3.63, 3.8) is 0 Å². The summed E-state index contributed by atoms with van der Waals surface area (Å²) in [5.41, 5.74) is 0.436. The zero-order valence-corrected chi connectivity index (χ0v) is 14.5. The first-order valence-corrected chi connectivity index (χ1v) is 9.16. The number of hydrogen-bond donors (Lipinski definition) is 2. The first-order valence-electron chi connectivity index (χ1n) is 7.29. The van der Waals surface area contributed by atoms with E-state index < -0.39 is 0 Å². The topological polar surface area (TPSA) is 84.1 Å². The number of carbonyl (C=O) groups excluding carboxylic acids is 1. The summed E-state index contributed by atoms with van der Waals surface area (Å²) in [6.45, 7) is 2.41. The second-order valence-corrected chi connectivity index (χ2v) is 6.64. The smallest absolute Gasteiger partial charge is 0.260 e. The van der Waals surface area contributed by atoms with Crippen LogP contribution < -0.4 is 15.6 Å². The molecule has 24 heavy (non-hydrogen) atoms. The molecule has 0 atom stereocenters. The lowest BCUT2D eigenvalue weighted by Crippen LogP contribution is -2.16. The largest absolute Gasteiger partial charge is 0.492 e. The molecular weight excluding hydrogens is 346 g/mol. The van der Waals surface area contributed by atoms with E-state index in [4.69, 9.17) is 4.74 Å². The number of ether oxygens (including phenoxy) is 1. The molecule has 6 nitrogen and oxygen atoms in total. The van der Waals surface area contributed by atoms with Crippen molar-refractivity contribution < 1.29 is 9.53 Å². The van der Waals surface area contributed by atoms with Gasteiger partial charge in [-0.15, -0.1) is 11.3 Å². The van der Waals surface area contributed by atoms with Crippen LogP contribution in [0.3, 0.4) is 0 Å². The molecule has 0 spiro atoms. The van der Waals surface area contributed by atoms with E-state index in [1.165, 1.54) is 23.1 Å². The molecule has 0 bridgehead atoms. The van der Waals surface area contributed by atoms with Gasteiger partial charge in [0.25, 0.3) is 5.56 Å². The lowest BCUT2D eigenvalue weighted by atomic mass is 10.3. The fourth-order valence-electron chi connectivity index (χ4n) is 2.09. The lowest BCUT2D eigenvalue weighted by Gasteiger charge is -2.10. The summed E-state index contributed by atoms with van der Waals surface area (Å²) in [5, 5.41) is 5.63. The predicted molar refractivity (Wildman–Crippen MR) is 97.2 cm³/mol. The molecule has 1 aromatic carbocycles. The maximum Gasteiger partial charge on any atom is 0.260 e. The van der Waals surface area contributed by atoms with Crippen molar-refractivity contribution in [3.05, 3.63) is 46.1 Å². The average molecular weight is 361 g/mol. The van der Waals surface area contributed by atoms with Gasteiger partial charge in [0, 0.05) is 0 Å². The molecule has 1 amide bonds. The fourth-order valence-corrected chi connectivity index (χ4v) is 3.57. The molecule has 3 aromatic rings. The van der Waals surface area contributed by atoms with E-state index in [2.05, 4.69) is 15.3 Å². The van der Waals surface area contributed by atoms with Crippen molar-refractivity contribution >= 4 is 44.9 Å². The molecule has 0 aliphatic carbocycles. The fraction of sp³-hybridized carbons (Fsp3) is 0.188. The number of nitrogens with one attached hydrogen (secondary N) is 2. The first-order chi connectivity index (χ1) is 11.7. The van der Waals surface area contributed by atoms with Crippen LogP contribution in [0.4, 0.5) is 5.69 Å². The highest BCUT2D eigenvalue weighted by atomic mass is 32.2. The number of rotatable bonds is 6. The Morgan fingerprint density at radius 3 is 3.04 bits per heavy atom. The molecule has 3 rings (SSSR count). The molecule has 124 valence electrons. The minimum atomic E-state index is -0.193. The van der Waals surface area contributed by atoms with E-state index in [1.54, 1.807) is 18.2 Å². The Morgan fingerprint density at radius 2 is 2.21 bits per heavy atom. The zero-order valence-electron chi connectivity index (χ0n) is 12.9. The van der Waals surface area contributed by atoms with Gasteiger partial charge >= 0.3 is 0 Å². The Hall–Kier alpha value is -2.32. The van der Waals surface area contributed by atoms with Gasteiger partial charge in [0.05, 0.1) is 23.4 Å². The van der Waals surface area contributed by atoms with Crippen molar-refractivity contribution in [1.82, 2.24) is 9.97 Å². The molecule has 2 heterocycles. The number of benzene rings is 1. The number of anilines is 1. The first kappa shape index (κ1) is 16.5. The number of aromatic nitrogens is 2. The highest BCUT2D eigenvalue weighted by Gasteiger charge is 2.10. The zero-order chi connectivity index (χ0) is 16.9. The van der Waals surface area contributed by atoms with Crippen LogP contribution in [0.5, 0.6) is 5.75 Å². The maximum atomic E-state index is 12.1. The molecule has 8 heteroatoms. The number of para-hydroxylation sites is 2. The van der Waals surface area contributed by atoms with E-state index in [9.17, 15) is 9.59 Å². The van der Waals surface area contributed by atoms with Gasteiger partial charge in [-0.25, -0.2) is 4.98 Å². The molecule has 0 saturated heterocycles. The summed E-state index contributed by atoms with van der Waals surface area (Å²) < 4.78 is 5.48. The van der Waals surface area contributed by atoms with Crippen molar-refractivity contribution in [2.24, 2.45) is 0 Å². The number of thioether (sulfide) groups is 1. The van der Waals surface area contributed by atoms with E-state index in [-0.39, 0.29) is 17.2 Å². The number of amides is 1. The van der Waals surface area contributed by atoms with Crippen LogP contribution in [0, 0.1) is 0 Å². The monoisotopic (exact) mass is 361 g/mol. The summed E-state index contributed by atoms with van der Waals surface area (Å²) in [6.07, 6.45) is 0. The SMILES string of the molecule is CCOc1ccccc1NC(=O)CSc1nc2sccc2c(=O)[nH]1. The molecule has 0 aliphatic heterocycles. The van der Waals surface area contributed by atoms with Gasteiger partial charge in [0.2, 0.25) is 5.91 Å². The van der Waals surface area contributed by atoms with Crippen molar-refractivity contribution in [3.8, 4) is 5.75 Å². The highest BCUT2D eigenvalue weighted by molar-refractivity contribution is 7.99. The highest BCUT2D eigenvalue weighted by Crippen LogP contribution is 2.24. The molecule has 0 fully saturated rings. The van der Waals surface area contributed by atoms with Crippen molar-refractivity contribution in [2.75, 3.05) is 17.7 Å². The molecule has 0 unspecified atom stereocenters. The average Bonchev–Trinajstić information content (AvgIpc) is 3.04. The molecule has 0 saturated carbocycles. The normalized spacial score (nSPS) is 10.7. The number of carbonyl (C=O) groups is 1. The second-order valence-electron chi connectivity index (χ2n) is 4.78. The van der Waals surface area contributed by atoms with Crippen LogP contribution in [0.25, 0.3) is 10.2 Å². The van der Waals surface area contributed by atoms with E-state index in [1.807, 2.05) is 24.4 Å². The minimum absolute atomic E-state index is 0.139. The maximum absolute atomic E-state index is 12.1. The van der Waals surface area contributed by atoms with Gasteiger partial charge in [-0.05, 0) is 30.5 Å². The summed E-state index contributed by atoms with van der Waals surface area (Å²) in [4.78, 5) is 31.7. The Morgan fingerprint density at radius 1 is 1.38 bits per heavy atom. The Labute approximate surface area is 146 Å². The lowest BCUT2D eigenvalue weighted by molar-refractivity contribution is -0.113. The Bertz CT molecular complexity index is 920. The second kappa shape index (κ2) is 7.50. The number of nitrogens with zero attached hydrogens (tertiary/aromatic N) is 1. The van der Waals surface area contributed by atoms with Crippen LogP contribution in [0.2, 0.25) is 0 Å². The van der Waals surface area contributed by atoms with Crippen LogP contribution in [0.1, 0.15) is 6.92 Å². The third-order valence-electron chi connectivity index (χ3n) is 3.11.